The molecule has 20 heavy (non-hydrogen) atoms. The minimum Gasteiger partial charge on any atom is -0.227 e. The van der Waals surface area contributed by atoms with E-state index in [0.717, 1.165) is 17.6 Å². The molecule has 5 nitrogen and oxygen atoms in total. The molecule has 0 N–H and O–H groups in total. The molecule has 0 aliphatic rings. The van der Waals surface area contributed by atoms with Crippen LogP contribution in [0.5, 0.6) is 0 Å². The highest BCUT2D eigenvalue weighted by molar-refractivity contribution is 7.93. The van der Waals surface area contributed by atoms with E-state index in [-0.39, 0.29) is 19.0 Å². The fraction of sp³-hybridized carbons (Fsp3) is 0.0833. The summed E-state index contributed by atoms with van der Waals surface area (Å²) >= 11 is 0.884. The van der Waals surface area contributed by atoms with E-state index < -0.39 is 19.7 Å². The molecule has 0 atom stereocenters. The average Bonchev–Trinajstić information content (AvgIpc) is 2.87. The lowest BCUT2D eigenvalue weighted by atomic mass is 10.4. The van der Waals surface area contributed by atoms with Crippen LogP contribution in [0.3, 0.4) is 0 Å². The molecule has 0 aliphatic carbocycles. The molecule has 2 rings (SSSR count). The molecule has 0 bridgehead atoms. The third kappa shape index (κ3) is 2.75. The van der Waals surface area contributed by atoms with Crippen LogP contribution in [0.1, 0.15) is 0 Å². The van der Waals surface area contributed by atoms with Crippen LogP contribution in [0.4, 0.5) is 5.00 Å². The highest BCUT2D eigenvalue weighted by atomic mass is 32.2. The van der Waals surface area contributed by atoms with Crippen molar-refractivity contribution < 1.29 is 16.8 Å². The summed E-state index contributed by atoms with van der Waals surface area (Å²) in [5, 5.41) is 0.288. The second kappa shape index (κ2) is 5.01. The van der Waals surface area contributed by atoms with E-state index >= 15 is 0 Å². The Bertz CT molecular complexity index is 885. The van der Waals surface area contributed by atoms with Crippen LogP contribution in [-0.2, 0) is 19.7 Å². The van der Waals surface area contributed by atoms with Crippen molar-refractivity contribution in [3.8, 4) is 0 Å². The van der Waals surface area contributed by atoms with Crippen molar-refractivity contribution in [2.75, 3.05) is 6.26 Å². The minimum atomic E-state index is -3.71. The number of nitrogens with zero attached hydrogens (tertiary/aromatic N) is 1. The minimum absolute atomic E-state index is 0.00304. The van der Waals surface area contributed by atoms with Crippen LogP contribution in [0.25, 0.3) is 4.85 Å². The smallest absolute Gasteiger partial charge is 0.227 e. The zero-order chi connectivity index (χ0) is 15.0. The van der Waals surface area contributed by atoms with Gasteiger partial charge in [-0.15, -0.1) is 11.3 Å². The molecule has 104 valence electrons. The molecule has 0 saturated carbocycles. The lowest BCUT2D eigenvalue weighted by molar-refractivity contribution is 0.595. The van der Waals surface area contributed by atoms with Gasteiger partial charge in [-0.1, -0.05) is 0 Å². The van der Waals surface area contributed by atoms with Crippen molar-refractivity contribution in [3.63, 3.8) is 0 Å². The van der Waals surface area contributed by atoms with Crippen LogP contribution < -0.4 is 0 Å². The molecular formula is C12H9NO4S3. The molecule has 1 heterocycles. The first-order valence-electron chi connectivity index (χ1n) is 5.27. The lowest BCUT2D eigenvalue weighted by Gasteiger charge is -2.03. The molecule has 0 amide bonds. The Balaban J connectivity index is 2.48. The van der Waals surface area contributed by atoms with Gasteiger partial charge in [0.1, 0.15) is 4.21 Å². The molecule has 0 unspecified atom stereocenters. The second-order valence-corrected chi connectivity index (χ2v) is 9.21. The van der Waals surface area contributed by atoms with Gasteiger partial charge in [0.25, 0.3) is 0 Å². The molecule has 8 heteroatoms. The van der Waals surface area contributed by atoms with Gasteiger partial charge in [0.15, 0.2) is 9.84 Å². The van der Waals surface area contributed by atoms with E-state index in [4.69, 9.17) is 6.57 Å². The molecule has 0 aliphatic heterocycles. The topological polar surface area (TPSA) is 72.6 Å². The van der Waals surface area contributed by atoms with Crippen molar-refractivity contribution in [2.24, 2.45) is 0 Å². The summed E-state index contributed by atoms with van der Waals surface area (Å²) < 4.78 is 47.3. The van der Waals surface area contributed by atoms with Crippen LogP contribution >= 0.6 is 11.3 Å². The van der Waals surface area contributed by atoms with Gasteiger partial charge in [0, 0.05) is 6.26 Å². The van der Waals surface area contributed by atoms with Gasteiger partial charge < -0.3 is 0 Å². The molecule has 0 saturated heterocycles. The summed E-state index contributed by atoms with van der Waals surface area (Å²) in [5.41, 5.74) is 0. The van der Waals surface area contributed by atoms with Crippen LogP contribution in [-0.4, -0.2) is 23.1 Å². The standard InChI is InChI=1S/C12H9NO4S3/c1-13-11-7-8-12(18-11)20(16,17)10-5-3-9(4-6-10)19(2,14)15/h3-8H,2H3. The Hall–Kier alpha value is -1.69. The number of thiophene rings is 1. The van der Waals surface area contributed by atoms with E-state index in [1.165, 1.54) is 36.4 Å². The maximum absolute atomic E-state index is 12.3. The summed E-state index contributed by atoms with van der Waals surface area (Å²) in [6.45, 7) is 6.84. The van der Waals surface area contributed by atoms with Crippen LogP contribution in [0.2, 0.25) is 0 Å². The highest BCUT2D eigenvalue weighted by Crippen LogP contribution is 2.32. The number of rotatable bonds is 3. The summed E-state index contributed by atoms with van der Waals surface area (Å²) in [7, 11) is -7.07. The van der Waals surface area contributed by atoms with Gasteiger partial charge in [-0.05, 0) is 36.4 Å². The third-order valence-electron chi connectivity index (χ3n) is 2.50. The zero-order valence-electron chi connectivity index (χ0n) is 10.3. The van der Waals surface area contributed by atoms with E-state index in [0.29, 0.717) is 0 Å². The number of sulfone groups is 2. The van der Waals surface area contributed by atoms with Crippen LogP contribution in [0.15, 0.2) is 50.4 Å². The zero-order valence-corrected chi connectivity index (χ0v) is 12.7. The van der Waals surface area contributed by atoms with Gasteiger partial charge in [-0.25, -0.2) is 21.7 Å². The fourth-order valence-corrected chi connectivity index (χ4v) is 4.61. The second-order valence-electron chi connectivity index (χ2n) is 3.95. The molecule has 2 aromatic rings. The number of hydrogen-bond acceptors (Lipinski definition) is 5. The molecule has 0 spiro atoms. The quantitative estimate of drug-likeness (QED) is 0.812. The Morgan fingerprint density at radius 3 is 1.95 bits per heavy atom. The van der Waals surface area contributed by atoms with Gasteiger partial charge in [-0.2, -0.15) is 0 Å². The number of hydrogen-bond donors (Lipinski definition) is 0. The average molecular weight is 327 g/mol. The van der Waals surface area contributed by atoms with Crippen molar-refractivity contribution in [1.29, 1.82) is 0 Å². The predicted octanol–water partition coefficient (Wildman–Crippen LogP) is 2.54. The highest BCUT2D eigenvalue weighted by Gasteiger charge is 2.20. The Morgan fingerprint density at radius 1 is 0.950 bits per heavy atom. The molecule has 0 fully saturated rings. The lowest BCUT2D eigenvalue weighted by Crippen LogP contribution is -2.01. The van der Waals surface area contributed by atoms with Crippen LogP contribution in [0, 0.1) is 6.57 Å². The van der Waals surface area contributed by atoms with E-state index in [9.17, 15) is 16.8 Å². The molecular weight excluding hydrogens is 318 g/mol. The van der Waals surface area contributed by atoms with E-state index in [1.54, 1.807) is 0 Å². The molecule has 0 radical (unpaired) electrons. The summed E-state index contributed by atoms with van der Waals surface area (Å²) in [6.07, 6.45) is 1.05. The first kappa shape index (κ1) is 14.7. The Labute approximate surface area is 121 Å². The Morgan fingerprint density at radius 2 is 1.50 bits per heavy atom. The predicted molar refractivity (Wildman–Crippen MR) is 75.6 cm³/mol. The first-order chi connectivity index (χ1) is 9.25. The van der Waals surface area contributed by atoms with Gasteiger partial charge in [0.05, 0.1) is 16.4 Å². The normalized spacial score (nSPS) is 12.0. The first-order valence-corrected chi connectivity index (χ1v) is 9.47. The van der Waals surface area contributed by atoms with Crippen molar-refractivity contribution >= 4 is 36.0 Å². The van der Waals surface area contributed by atoms with Gasteiger partial charge >= 0.3 is 0 Å². The third-order valence-corrected chi connectivity index (χ3v) is 6.87. The number of benzene rings is 1. The summed E-state index contributed by atoms with van der Waals surface area (Å²) in [4.78, 5) is 3.23. The largest absolute Gasteiger partial charge is 0.242 e. The van der Waals surface area contributed by atoms with Crippen molar-refractivity contribution in [2.45, 2.75) is 14.0 Å². The van der Waals surface area contributed by atoms with Crippen molar-refractivity contribution in [1.82, 2.24) is 0 Å². The maximum atomic E-state index is 12.3. The summed E-state index contributed by atoms with van der Waals surface area (Å²) in [5.74, 6) is 0. The molecule has 1 aromatic heterocycles. The molecule has 1 aromatic carbocycles. The Kier molecular flexibility index (Phi) is 3.69. The SMILES string of the molecule is [C-]#[N+]c1ccc(S(=O)(=O)c2ccc(S(C)(=O)=O)cc2)s1. The monoisotopic (exact) mass is 327 g/mol. The van der Waals surface area contributed by atoms with Gasteiger partial charge in [0.2, 0.25) is 14.8 Å². The maximum Gasteiger partial charge on any atom is 0.242 e. The van der Waals surface area contributed by atoms with E-state index in [1.807, 2.05) is 0 Å². The van der Waals surface area contributed by atoms with Gasteiger partial charge in [-0.3, -0.25) is 0 Å². The fourth-order valence-electron chi connectivity index (χ4n) is 1.50. The van der Waals surface area contributed by atoms with Crippen molar-refractivity contribution in [3.05, 3.63) is 47.8 Å². The van der Waals surface area contributed by atoms with E-state index in [2.05, 4.69) is 4.85 Å². The summed E-state index contributed by atoms with van der Waals surface area (Å²) in [6, 6.07) is 7.83.